The summed E-state index contributed by atoms with van der Waals surface area (Å²) in [5.41, 5.74) is 5.82. The number of rotatable bonds is 3. The number of nitrogens with one attached hydrogen (secondary N) is 1. The van der Waals surface area contributed by atoms with Gasteiger partial charge in [0.25, 0.3) is 0 Å². The van der Waals surface area contributed by atoms with Crippen molar-refractivity contribution in [1.82, 2.24) is 34.8 Å². The van der Waals surface area contributed by atoms with Crippen molar-refractivity contribution in [3.8, 4) is 11.3 Å². The highest BCUT2D eigenvalue weighted by atomic mass is 19.4. The molecule has 5 rings (SSSR count). The maximum atomic E-state index is 13.3. The number of nitrogens with two attached hydrogens (primary N) is 1. The van der Waals surface area contributed by atoms with E-state index in [0.29, 0.717) is 44.9 Å². The van der Waals surface area contributed by atoms with E-state index >= 15 is 0 Å². The topological polar surface area (TPSA) is 116 Å². The lowest BCUT2D eigenvalue weighted by atomic mass is 9.96. The number of urea groups is 1. The normalized spacial score (nSPS) is 20.1. The van der Waals surface area contributed by atoms with Gasteiger partial charge in [0.15, 0.2) is 0 Å². The van der Waals surface area contributed by atoms with Crippen LogP contribution in [0, 0.1) is 0 Å². The van der Waals surface area contributed by atoms with E-state index in [1.165, 1.54) is 6.20 Å². The Hall–Kier alpha value is -3.61. The number of nitrogens with zero attached hydrogens (tertiary/aromatic N) is 6. The molecule has 3 N–H and O–H groups in total. The molecular weight excluding hydrogens is 453 g/mol. The third-order valence-electron chi connectivity index (χ3n) is 6.17. The number of carbonyl (C=O) groups is 1. The van der Waals surface area contributed by atoms with Gasteiger partial charge in [0.05, 0.1) is 42.8 Å². The minimum atomic E-state index is -4.62. The number of pyridine rings is 1. The van der Waals surface area contributed by atoms with Gasteiger partial charge in [-0.3, -0.25) is 9.36 Å². The second kappa shape index (κ2) is 8.01. The van der Waals surface area contributed by atoms with Crippen LogP contribution in [0.15, 0.2) is 30.7 Å². The quantitative estimate of drug-likeness (QED) is 0.598. The first-order valence-electron chi connectivity index (χ1n) is 10.7. The molecule has 5 heterocycles. The Kier molecular flexibility index (Phi) is 5.23. The van der Waals surface area contributed by atoms with E-state index in [4.69, 9.17) is 10.5 Å². The Balaban J connectivity index is 1.36. The molecule has 0 bridgehead atoms. The number of alkyl halides is 3. The zero-order chi connectivity index (χ0) is 24.1. The highest BCUT2D eigenvalue weighted by Crippen LogP contribution is 2.41. The molecule has 1 spiro atoms. The maximum Gasteiger partial charge on any atom is 0.419 e. The van der Waals surface area contributed by atoms with Gasteiger partial charge in [-0.1, -0.05) is 0 Å². The van der Waals surface area contributed by atoms with Crippen molar-refractivity contribution in [3.63, 3.8) is 0 Å². The fourth-order valence-electron chi connectivity index (χ4n) is 4.47. The summed E-state index contributed by atoms with van der Waals surface area (Å²) in [5, 5.41) is 11.5. The second-order valence-electron chi connectivity index (χ2n) is 8.49. The van der Waals surface area contributed by atoms with Crippen molar-refractivity contribution in [2.24, 2.45) is 7.05 Å². The molecule has 3 aromatic heterocycles. The Bertz CT molecular complexity index is 1240. The number of likely N-dealkylation sites (tertiary alicyclic amines) is 1. The van der Waals surface area contributed by atoms with Crippen LogP contribution in [0.4, 0.5) is 23.8 Å². The Morgan fingerprint density at radius 1 is 1.29 bits per heavy atom. The molecule has 2 aliphatic heterocycles. The molecule has 0 aliphatic carbocycles. The summed E-state index contributed by atoms with van der Waals surface area (Å²) in [6.07, 6.45) is 0.718. The fraction of sp³-hybridized carbons (Fsp3) is 0.429. The zero-order valence-corrected chi connectivity index (χ0v) is 18.3. The molecule has 1 fully saturated rings. The number of aryl methyl sites for hydroxylation is 1. The first-order valence-corrected chi connectivity index (χ1v) is 10.7. The lowest BCUT2D eigenvalue weighted by Gasteiger charge is -2.34. The predicted octanol–water partition coefficient (Wildman–Crippen LogP) is 2.12. The number of anilines is 1. The molecule has 1 atom stereocenters. The average molecular weight is 476 g/mol. The van der Waals surface area contributed by atoms with Crippen LogP contribution in [0.25, 0.3) is 11.3 Å². The third kappa shape index (κ3) is 3.95. The maximum absolute atomic E-state index is 13.3. The van der Waals surface area contributed by atoms with Gasteiger partial charge in [0, 0.05) is 50.1 Å². The van der Waals surface area contributed by atoms with Crippen LogP contribution in [-0.2, 0) is 36.7 Å². The van der Waals surface area contributed by atoms with Crippen molar-refractivity contribution in [1.29, 1.82) is 0 Å². The fourth-order valence-corrected chi connectivity index (χ4v) is 4.47. The number of amides is 2. The van der Waals surface area contributed by atoms with Gasteiger partial charge in [0.2, 0.25) is 0 Å². The van der Waals surface area contributed by atoms with Gasteiger partial charge in [-0.05, 0) is 12.1 Å². The largest absolute Gasteiger partial charge is 0.419 e. The summed E-state index contributed by atoms with van der Waals surface area (Å²) in [6.45, 7) is 1.97. The molecule has 34 heavy (non-hydrogen) atoms. The minimum Gasteiger partial charge on any atom is -0.383 e. The molecule has 0 saturated carbocycles. The second-order valence-corrected chi connectivity index (χ2v) is 8.49. The summed E-state index contributed by atoms with van der Waals surface area (Å²) in [7, 11) is 1.80. The number of hydrogen-bond acceptors (Lipinski definition) is 6. The van der Waals surface area contributed by atoms with E-state index in [-0.39, 0.29) is 11.6 Å². The van der Waals surface area contributed by atoms with Crippen LogP contribution in [0.5, 0.6) is 0 Å². The average Bonchev–Trinajstić information content (AvgIpc) is 3.51. The lowest BCUT2D eigenvalue weighted by molar-refractivity contribution is -0.137. The number of fused-ring (bicyclic) bond motifs is 2. The minimum absolute atomic E-state index is 0.211. The summed E-state index contributed by atoms with van der Waals surface area (Å²) in [5.74, 6) is -0.580. The third-order valence-corrected chi connectivity index (χ3v) is 6.17. The van der Waals surface area contributed by atoms with Crippen LogP contribution in [0.1, 0.15) is 23.2 Å². The predicted molar refractivity (Wildman–Crippen MR) is 114 cm³/mol. The Labute approximate surface area is 192 Å². The van der Waals surface area contributed by atoms with E-state index in [2.05, 4.69) is 20.5 Å². The molecule has 0 aromatic carbocycles. The zero-order valence-electron chi connectivity index (χ0n) is 18.3. The number of ether oxygens (including phenoxy) is 1. The number of aromatic nitrogens is 5. The monoisotopic (exact) mass is 476 g/mol. The van der Waals surface area contributed by atoms with Gasteiger partial charge in [-0.2, -0.15) is 23.4 Å². The Morgan fingerprint density at radius 3 is 2.85 bits per heavy atom. The summed E-state index contributed by atoms with van der Waals surface area (Å²) in [6, 6.07) is 2.44. The van der Waals surface area contributed by atoms with Gasteiger partial charge in [-0.15, -0.1) is 0 Å². The molecule has 2 amide bonds. The van der Waals surface area contributed by atoms with Gasteiger partial charge < -0.3 is 20.7 Å². The van der Waals surface area contributed by atoms with E-state index in [0.717, 1.165) is 17.3 Å². The molecular formula is C21H23F3N8O2. The highest BCUT2D eigenvalue weighted by Gasteiger charge is 2.47. The standard InChI is InChI=1S/C21H23F3N8O2/c1-30-11-13(9-28-30)8-27-19(33)31-3-2-20(12-31)17-7-16(29-32(17)4-5-34-20)14-6-15(21(22,23)24)18(25)26-10-14/h6-7,9-11H,2-5,8,12H2,1H3,(H2,25,26)(H,27,33)/t20-/m1/s1. The van der Waals surface area contributed by atoms with E-state index in [1.807, 2.05) is 6.20 Å². The van der Waals surface area contributed by atoms with Crippen LogP contribution in [0.2, 0.25) is 0 Å². The smallest absolute Gasteiger partial charge is 0.383 e. The molecule has 3 aromatic rings. The Morgan fingerprint density at radius 2 is 2.12 bits per heavy atom. The summed E-state index contributed by atoms with van der Waals surface area (Å²) >= 11 is 0. The summed E-state index contributed by atoms with van der Waals surface area (Å²) in [4.78, 5) is 18.1. The van der Waals surface area contributed by atoms with Gasteiger partial charge >= 0.3 is 12.2 Å². The molecule has 0 radical (unpaired) electrons. The van der Waals surface area contributed by atoms with Crippen LogP contribution in [-0.4, -0.2) is 55.2 Å². The van der Waals surface area contributed by atoms with Gasteiger partial charge in [-0.25, -0.2) is 9.78 Å². The number of nitrogen functional groups attached to an aromatic ring is 1. The van der Waals surface area contributed by atoms with Gasteiger partial charge in [0.1, 0.15) is 11.4 Å². The van der Waals surface area contributed by atoms with Crippen molar-refractivity contribution < 1.29 is 22.7 Å². The molecule has 0 unspecified atom stereocenters. The first kappa shape index (κ1) is 22.2. The molecule has 1 saturated heterocycles. The first-order chi connectivity index (χ1) is 16.1. The molecule has 13 heteroatoms. The van der Waals surface area contributed by atoms with Crippen molar-refractivity contribution >= 4 is 11.8 Å². The number of carbonyl (C=O) groups excluding carboxylic acids is 1. The van der Waals surface area contributed by atoms with Crippen LogP contribution >= 0.6 is 0 Å². The number of hydrogen-bond donors (Lipinski definition) is 2. The molecule has 10 nitrogen and oxygen atoms in total. The van der Waals surface area contributed by atoms with Crippen molar-refractivity contribution in [2.45, 2.75) is 31.3 Å². The molecule has 2 aliphatic rings. The van der Waals surface area contributed by atoms with Crippen molar-refractivity contribution in [3.05, 3.63) is 47.5 Å². The van der Waals surface area contributed by atoms with Crippen LogP contribution < -0.4 is 11.1 Å². The van der Waals surface area contributed by atoms with Crippen LogP contribution in [0.3, 0.4) is 0 Å². The summed E-state index contributed by atoms with van der Waals surface area (Å²) < 4.78 is 49.4. The van der Waals surface area contributed by atoms with E-state index < -0.39 is 23.2 Å². The van der Waals surface area contributed by atoms with E-state index in [1.54, 1.807) is 33.6 Å². The lowest BCUT2D eigenvalue weighted by Crippen LogP contribution is -2.44. The van der Waals surface area contributed by atoms with E-state index in [9.17, 15) is 18.0 Å². The molecule has 180 valence electrons. The number of halogens is 3. The highest BCUT2D eigenvalue weighted by molar-refractivity contribution is 5.74. The SMILES string of the molecule is Cn1cc(CNC(=O)N2CC[C@]3(C2)OCCn2nc(-c4cnc(N)c(C(F)(F)F)c4)cc23)cn1. The van der Waals surface area contributed by atoms with Crippen molar-refractivity contribution in [2.75, 3.05) is 25.4 Å².